The molecule has 0 radical (unpaired) electrons. The molecule has 2 atom stereocenters. The number of hydrogen-bond acceptors (Lipinski definition) is 4. The van der Waals surface area contributed by atoms with Crippen molar-refractivity contribution >= 4 is 5.91 Å². The maximum Gasteiger partial charge on any atom is 0.274 e. The maximum absolute atomic E-state index is 13.4. The molecule has 4 rings (SSSR count). The normalized spacial score (nSPS) is 18.2. The first-order chi connectivity index (χ1) is 13.1. The first-order valence-corrected chi connectivity index (χ1v) is 8.70. The van der Waals surface area contributed by atoms with Crippen molar-refractivity contribution in [3.05, 3.63) is 71.3 Å². The third kappa shape index (κ3) is 3.40. The highest BCUT2D eigenvalue weighted by molar-refractivity contribution is 5.93. The van der Waals surface area contributed by atoms with Gasteiger partial charge in [0.25, 0.3) is 5.91 Å². The largest absolute Gasteiger partial charge is 0.497 e. The van der Waals surface area contributed by atoms with Crippen molar-refractivity contribution in [2.45, 2.75) is 25.3 Å². The van der Waals surface area contributed by atoms with Crippen LogP contribution in [0.4, 0.5) is 4.39 Å². The van der Waals surface area contributed by atoms with Crippen molar-refractivity contribution in [1.82, 2.24) is 20.3 Å². The number of carbonyl (C=O) groups excluding carboxylic acids is 1. The average molecular weight is 366 g/mol. The second kappa shape index (κ2) is 6.83. The number of ether oxygens (including phenoxy) is 1. The number of amides is 1. The van der Waals surface area contributed by atoms with Crippen molar-refractivity contribution in [2.75, 3.05) is 7.11 Å². The molecule has 0 spiro atoms. The molecule has 1 heterocycles. The van der Waals surface area contributed by atoms with Crippen LogP contribution < -0.4 is 10.1 Å². The zero-order valence-electron chi connectivity index (χ0n) is 15.0. The Morgan fingerprint density at radius 3 is 2.85 bits per heavy atom. The predicted octanol–water partition coefficient (Wildman–Crippen LogP) is 3.01. The van der Waals surface area contributed by atoms with Gasteiger partial charge in [-0.3, -0.25) is 4.79 Å². The summed E-state index contributed by atoms with van der Waals surface area (Å²) in [6.45, 7) is 1.80. The summed E-state index contributed by atoms with van der Waals surface area (Å²) >= 11 is 0. The Morgan fingerprint density at radius 1 is 1.26 bits per heavy atom. The zero-order chi connectivity index (χ0) is 19.0. The molecule has 1 fully saturated rings. The minimum absolute atomic E-state index is 0.0133. The molecule has 3 aromatic rings. The van der Waals surface area contributed by atoms with Gasteiger partial charge in [0.2, 0.25) is 0 Å². The van der Waals surface area contributed by atoms with E-state index < -0.39 is 0 Å². The monoisotopic (exact) mass is 366 g/mol. The van der Waals surface area contributed by atoms with Crippen LogP contribution in [0.15, 0.2) is 48.5 Å². The average Bonchev–Trinajstić information content (AvgIpc) is 3.33. The van der Waals surface area contributed by atoms with E-state index in [0.717, 1.165) is 17.7 Å². The quantitative estimate of drug-likeness (QED) is 0.754. The number of nitrogens with one attached hydrogen (secondary N) is 1. The minimum atomic E-state index is -0.273. The first kappa shape index (κ1) is 17.2. The van der Waals surface area contributed by atoms with Crippen LogP contribution in [0.25, 0.3) is 5.69 Å². The minimum Gasteiger partial charge on any atom is -0.497 e. The lowest BCUT2D eigenvalue weighted by atomic mass is 10.1. The number of hydrogen-bond donors (Lipinski definition) is 1. The lowest BCUT2D eigenvalue weighted by Crippen LogP contribution is -2.27. The highest BCUT2D eigenvalue weighted by atomic mass is 19.1. The molecule has 27 heavy (non-hydrogen) atoms. The van der Waals surface area contributed by atoms with E-state index in [0.29, 0.717) is 11.4 Å². The first-order valence-electron chi connectivity index (χ1n) is 8.70. The summed E-state index contributed by atoms with van der Waals surface area (Å²) in [4.78, 5) is 12.6. The molecule has 0 bridgehead atoms. The second-order valence-electron chi connectivity index (χ2n) is 6.61. The second-order valence-corrected chi connectivity index (χ2v) is 6.61. The van der Waals surface area contributed by atoms with E-state index in [1.807, 2.05) is 30.3 Å². The number of benzene rings is 2. The molecule has 1 N–H and O–H groups in total. The van der Waals surface area contributed by atoms with Crippen molar-refractivity contribution in [3.8, 4) is 11.4 Å². The predicted molar refractivity (Wildman–Crippen MR) is 97.7 cm³/mol. The number of nitrogens with zero attached hydrogens (tertiary/aromatic N) is 3. The van der Waals surface area contributed by atoms with E-state index in [4.69, 9.17) is 4.74 Å². The number of carbonyl (C=O) groups is 1. The van der Waals surface area contributed by atoms with E-state index in [2.05, 4.69) is 15.6 Å². The molecule has 138 valence electrons. The van der Waals surface area contributed by atoms with Gasteiger partial charge in [0.1, 0.15) is 11.6 Å². The van der Waals surface area contributed by atoms with Crippen LogP contribution in [0.3, 0.4) is 0 Å². The lowest BCUT2D eigenvalue weighted by molar-refractivity contribution is 0.0944. The molecular formula is C20H19FN4O2. The Bertz CT molecular complexity index is 1000. The molecule has 1 amide bonds. The Hall–Kier alpha value is -3.22. The van der Waals surface area contributed by atoms with Gasteiger partial charge in [0, 0.05) is 18.0 Å². The van der Waals surface area contributed by atoms with Gasteiger partial charge in [-0.05, 0) is 43.2 Å². The molecule has 1 aromatic heterocycles. The summed E-state index contributed by atoms with van der Waals surface area (Å²) in [6, 6.07) is 13.9. The standard InChI is InChI=1S/C20H19FN4O2/c1-12-19(23-24-25(12)15-7-4-8-16(10-15)27-2)20(26)22-18-11-17(18)13-5-3-6-14(21)9-13/h3-10,17-18H,11H2,1-2H3,(H,22,26)/t17-,18-/m1/s1. The smallest absolute Gasteiger partial charge is 0.274 e. The molecule has 6 nitrogen and oxygen atoms in total. The van der Waals surface area contributed by atoms with Crippen molar-refractivity contribution in [3.63, 3.8) is 0 Å². The van der Waals surface area contributed by atoms with E-state index in [1.54, 1.807) is 24.8 Å². The maximum atomic E-state index is 13.4. The van der Waals surface area contributed by atoms with Gasteiger partial charge >= 0.3 is 0 Å². The van der Waals surface area contributed by atoms with Crippen LogP contribution >= 0.6 is 0 Å². The van der Waals surface area contributed by atoms with Gasteiger partial charge in [0.05, 0.1) is 18.5 Å². The van der Waals surface area contributed by atoms with Crippen molar-refractivity contribution < 1.29 is 13.9 Å². The van der Waals surface area contributed by atoms with E-state index in [9.17, 15) is 9.18 Å². The van der Waals surface area contributed by atoms with Crippen LogP contribution in [-0.4, -0.2) is 34.1 Å². The molecule has 1 saturated carbocycles. The van der Waals surface area contributed by atoms with Crippen LogP contribution in [0.2, 0.25) is 0 Å². The fourth-order valence-corrected chi connectivity index (χ4v) is 3.22. The van der Waals surface area contributed by atoms with E-state index in [1.165, 1.54) is 12.1 Å². The molecule has 2 aromatic carbocycles. The van der Waals surface area contributed by atoms with Gasteiger partial charge < -0.3 is 10.1 Å². The van der Waals surface area contributed by atoms with Crippen LogP contribution in [0.5, 0.6) is 5.75 Å². The lowest BCUT2D eigenvalue weighted by Gasteiger charge is -2.06. The van der Waals surface area contributed by atoms with Gasteiger partial charge in [0.15, 0.2) is 5.69 Å². The van der Waals surface area contributed by atoms with E-state index >= 15 is 0 Å². The molecule has 0 aliphatic heterocycles. The van der Waals surface area contributed by atoms with Gasteiger partial charge in [-0.1, -0.05) is 23.4 Å². The number of aromatic nitrogens is 3. The Morgan fingerprint density at radius 2 is 2.07 bits per heavy atom. The SMILES string of the molecule is COc1cccc(-n2nnc(C(=O)N[C@@H]3C[C@@H]3c3cccc(F)c3)c2C)c1. The topological polar surface area (TPSA) is 69.0 Å². The van der Waals surface area contributed by atoms with Gasteiger partial charge in [-0.2, -0.15) is 0 Å². The third-order valence-corrected chi connectivity index (χ3v) is 4.79. The molecule has 1 aliphatic rings. The number of methoxy groups -OCH3 is 1. The van der Waals surface area contributed by atoms with Crippen LogP contribution in [0.1, 0.15) is 34.1 Å². The summed E-state index contributed by atoms with van der Waals surface area (Å²) in [5.41, 5.74) is 2.59. The van der Waals surface area contributed by atoms with Crippen molar-refractivity contribution in [2.24, 2.45) is 0 Å². The highest BCUT2D eigenvalue weighted by Gasteiger charge is 2.40. The van der Waals surface area contributed by atoms with E-state index in [-0.39, 0.29) is 29.4 Å². The van der Waals surface area contributed by atoms with Crippen LogP contribution in [-0.2, 0) is 0 Å². The molecular weight excluding hydrogens is 347 g/mol. The number of halogens is 1. The van der Waals surface area contributed by atoms with Crippen molar-refractivity contribution in [1.29, 1.82) is 0 Å². The summed E-state index contributed by atoms with van der Waals surface area (Å²) in [5.74, 6) is 0.301. The molecule has 1 aliphatic carbocycles. The Labute approximate surface area is 156 Å². The highest BCUT2D eigenvalue weighted by Crippen LogP contribution is 2.41. The Balaban J connectivity index is 1.48. The van der Waals surface area contributed by atoms with Gasteiger partial charge in [-0.25, -0.2) is 9.07 Å². The van der Waals surface area contributed by atoms with Crippen LogP contribution in [0, 0.1) is 12.7 Å². The molecule has 0 unspecified atom stereocenters. The molecule has 0 saturated heterocycles. The number of rotatable bonds is 5. The summed E-state index contributed by atoms with van der Waals surface area (Å²) in [7, 11) is 1.59. The summed E-state index contributed by atoms with van der Waals surface area (Å²) in [6.07, 6.45) is 0.790. The fraction of sp³-hybridized carbons (Fsp3) is 0.250. The summed E-state index contributed by atoms with van der Waals surface area (Å²) < 4.78 is 20.2. The molecule has 7 heteroatoms. The van der Waals surface area contributed by atoms with Gasteiger partial charge in [-0.15, -0.1) is 5.10 Å². The Kier molecular flexibility index (Phi) is 4.35. The third-order valence-electron chi connectivity index (χ3n) is 4.79. The zero-order valence-corrected chi connectivity index (χ0v) is 15.0. The fourth-order valence-electron chi connectivity index (χ4n) is 3.22. The summed E-state index contributed by atoms with van der Waals surface area (Å²) in [5, 5.41) is 11.1.